The SMILES string of the molecule is CN=C(N=C(N=Cc1ccc(Oc2ccc(C(c3ccc(Oc4ccc(-c5nc(-c6ccccc6)nc(-c6ccccc6)n5)cc4)cc3)(C(F)(F)F)C(F)(F)F)cc2)cc1)c1ccccc1)c1ccccc1. The molecule has 0 atom stereocenters. The molecule has 0 fully saturated rings. The molecule has 0 unspecified atom stereocenters. The van der Waals surface area contributed by atoms with Crippen molar-refractivity contribution in [3.05, 3.63) is 246 Å². The summed E-state index contributed by atoms with van der Waals surface area (Å²) in [5.74, 6) is 2.78. The first kappa shape index (κ1) is 48.0. The highest BCUT2D eigenvalue weighted by Gasteiger charge is 2.72. The number of rotatable bonds is 12. The Bertz CT molecular complexity index is 3260. The molecule has 0 aliphatic heterocycles. The van der Waals surface area contributed by atoms with Gasteiger partial charge in [-0.1, -0.05) is 146 Å². The van der Waals surface area contributed by atoms with Gasteiger partial charge in [-0.25, -0.2) is 24.9 Å². The van der Waals surface area contributed by atoms with E-state index in [4.69, 9.17) is 29.4 Å². The monoisotopic (exact) mass is 966 g/mol. The zero-order valence-electron chi connectivity index (χ0n) is 38.1. The van der Waals surface area contributed by atoms with E-state index in [1.807, 2.05) is 121 Å². The maximum absolute atomic E-state index is 15.1. The predicted molar refractivity (Wildman–Crippen MR) is 268 cm³/mol. The molecule has 0 amide bonds. The quantitative estimate of drug-likeness (QED) is 0.0691. The van der Waals surface area contributed by atoms with Gasteiger partial charge in [-0.3, -0.25) is 4.99 Å². The highest BCUT2D eigenvalue weighted by Crippen LogP contribution is 2.56. The molecule has 8 aromatic carbocycles. The molecular formula is C58H40F6N6O2. The lowest BCUT2D eigenvalue weighted by molar-refractivity contribution is -0.288. The van der Waals surface area contributed by atoms with Gasteiger partial charge in [-0.15, -0.1) is 0 Å². The molecule has 0 bridgehead atoms. The molecule has 0 saturated heterocycles. The highest BCUT2D eigenvalue weighted by molar-refractivity contribution is 6.14. The van der Waals surface area contributed by atoms with Crippen LogP contribution in [-0.4, -0.2) is 52.2 Å². The van der Waals surface area contributed by atoms with Gasteiger partial charge in [-0.05, 0) is 89.5 Å². The number of benzene rings is 8. The second-order valence-electron chi connectivity index (χ2n) is 16.1. The molecule has 1 aromatic heterocycles. The Kier molecular flexibility index (Phi) is 13.9. The van der Waals surface area contributed by atoms with Gasteiger partial charge in [0.25, 0.3) is 0 Å². The van der Waals surface area contributed by atoms with Crippen LogP contribution in [0, 0.1) is 0 Å². The zero-order valence-corrected chi connectivity index (χ0v) is 38.1. The topological polar surface area (TPSA) is 94.2 Å². The van der Waals surface area contributed by atoms with Crippen molar-refractivity contribution in [3.63, 3.8) is 0 Å². The van der Waals surface area contributed by atoms with Crippen molar-refractivity contribution in [2.24, 2.45) is 15.0 Å². The Morgan fingerprint density at radius 2 is 0.736 bits per heavy atom. The summed E-state index contributed by atoms with van der Waals surface area (Å²) >= 11 is 0. The Morgan fingerprint density at radius 3 is 1.11 bits per heavy atom. The molecule has 9 rings (SSSR count). The molecule has 0 radical (unpaired) electrons. The van der Waals surface area contributed by atoms with E-state index in [0.717, 1.165) is 70.8 Å². The lowest BCUT2D eigenvalue weighted by Crippen LogP contribution is -2.54. The lowest BCUT2D eigenvalue weighted by Gasteiger charge is -2.38. The van der Waals surface area contributed by atoms with Crippen LogP contribution >= 0.6 is 0 Å². The predicted octanol–water partition coefficient (Wildman–Crippen LogP) is 14.8. The van der Waals surface area contributed by atoms with E-state index in [2.05, 4.69) is 9.98 Å². The van der Waals surface area contributed by atoms with E-state index in [9.17, 15) is 0 Å². The number of alkyl halides is 6. The third-order valence-electron chi connectivity index (χ3n) is 11.4. The fraction of sp³-hybridized carbons (Fsp3) is 0.0690. The van der Waals surface area contributed by atoms with Crippen molar-refractivity contribution >= 4 is 17.9 Å². The van der Waals surface area contributed by atoms with Crippen LogP contribution in [0.5, 0.6) is 23.0 Å². The van der Waals surface area contributed by atoms with Gasteiger partial charge in [0, 0.05) is 41.1 Å². The van der Waals surface area contributed by atoms with Crippen molar-refractivity contribution in [1.82, 2.24) is 15.0 Å². The first-order valence-electron chi connectivity index (χ1n) is 22.4. The summed E-state index contributed by atoms with van der Waals surface area (Å²) in [6.45, 7) is 0. The number of amidine groups is 2. The van der Waals surface area contributed by atoms with Crippen molar-refractivity contribution in [1.29, 1.82) is 0 Å². The molecule has 9 aromatic rings. The van der Waals surface area contributed by atoms with Gasteiger partial charge in [0.2, 0.25) is 5.41 Å². The standard InChI is InChI=1S/C58H40F6N6O2/c1-65-51(40-14-6-2-7-15-40)67-52(41-16-8-3-9-17-41)66-38-39-22-30-47(31-23-39)71-49-34-26-45(27-35-49)56(57(59,60)61,58(62,63)64)46-28-36-50(37-29-46)72-48-32-24-44(25-33-48)55-69-53(42-18-10-4-11-19-42)68-54(70-55)43-20-12-5-13-21-43/h2-38H,1H3. The average Bonchev–Trinajstić information content (AvgIpc) is 3.40. The number of aliphatic imine (C=N–C) groups is 3. The zero-order chi connectivity index (χ0) is 50.1. The summed E-state index contributed by atoms with van der Waals surface area (Å²) in [6.07, 6.45) is -10.0. The Hall–Kier alpha value is -9.04. The van der Waals surface area contributed by atoms with Crippen LogP contribution in [-0.2, 0) is 5.41 Å². The second-order valence-corrected chi connectivity index (χ2v) is 16.1. The van der Waals surface area contributed by atoms with Crippen LogP contribution in [0.4, 0.5) is 26.3 Å². The van der Waals surface area contributed by atoms with Gasteiger partial charge in [-0.2, -0.15) is 26.3 Å². The molecule has 0 aliphatic rings. The van der Waals surface area contributed by atoms with Gasteiger partial charge in [0.1, 0.15) is 23.0 Å². The first-order chi connectivity index (χ1) is 34.9. The van der Waals surface area contributed by atoms with Gasteiger partial charge in [0.15, 0.2) is 29.1 Å². The van der Waals surface area contributed by atoms with Crippen LogP contribution in [0.3, 0.4) is 0 Å². The maximum atomic E-state index is 15.1. The molecule has 0 N–H and O–H groups in total. The Labute approximate surface area is 410 Å². The number of aromatic nitrogens is 3. The largest absolute Gasteiger partial charge is 0.457 e. The lowest BCUT2D eigenvalue weighted by atomic mass is 9.73. The normalized spacial score (nSPS) is 12.5. The first-order valence-corrected chi connectivity index (χ1v) is 22.4. The van der Waals surface area contributed by atoms with Gasteiger partial charge in [0.05, 0.1) is 0 Å². The van der Waals surface area contributed by atoms with E-state index >= 15 is 26.3 Å². The minimum atomic E-state index is -5.81. The molecule has 1 heterocycles. The van der Waals surface area contributed by atoms with Crippen LogP contribution in [0.15, 0.2) is 233 Å². The molecule has 14 heteroatoms. The summed E-state index contributed by atoms with van der Waals surface area (Å²) in [5.41, 5.74) is -2.06. The summed E-state index contributed by atoms with van der Waals surface area (Å²) in [5, 5.41) is 0. The fourth-order valence-corrected chi connectivity index (χ4v) is 7.85. The highest BCUT2D eigenvalue weighted by atomic mass is 19.4. The Morgan fingerprint density at radius 1 is 0.403 bits per heavy atom. The van der Waals surface area contributed by atoms with Crippen LogP contribution < -0.4 is 9.47 Å². The minimum Gasteiger partial charge on any atom is -0.457 e. The van der Waals surface area contributed by atoms with Gasteiger partial charge >= 0.3 is 12.4 Å². The third kappa shape index (κ3) is 10.6. The molecule has 72 heavy (non-hydrogen) atoms. The fourth-order valence-electron chi connectivity index (χ4n) is 7.85. The number of hydrogen-bond acceptors (Lipinski definition) is 6. The third-order valence-corrected chi connectivity index (χ3v) is 11.4. The van der Waals surface area contributed by atoms with E-state index < -0.39 is 28.9 Å². The van der Waals surface area contributed by atoms with Crippen LogP contribution in [0.2, 0.25) is 0 Å². The molecule has 0 aliphatic carbocycles. The van der Waals surface area contributed by atoms with Gasteiger partial charge < -0.3 is 9.47 Å². The molecule has 356 valence electrons. The molecule has 8 nitrogen and oxygen atoms in total. The molecule has 0 saturated carbocycles. The maximum Gasteiger partial charge on any atom is 0.411 e. The summed E-state index contributed by atoms with van der Waals surface area (Å²) in [4.78, 5) is 27.8. The average molecular weight is 967 g/mol. The van der Waals surface area contributed by atoms with Crippen molar-refractivity contribution < 1.29 is 35.8 Å². The summed E-state index contributed by atoms with van der Waals surface area (Å²) < 4.78 is 103. The number of nitrogens with zero attached hydrogens (tertiary/aromatic N) is 6. The van der Waals surface area contributed by atoms with Crippen molar-refractivity contribution in [2.75, 3.05) is 7.05 Å². The van der Waals surface area contributed by atoms with Crippen LogP contribution in [0.25, 0.3) is 34.2 Å². The molecule has 0 spiro atoms. The van der Waals surface area contributed by atoms with E-state index in [-0.39, 0.29) is 23.0 Å². The van der Waals surface area contributed by atoms with E-state index in [1.165, 1.54) is 0 Å². The Balaban J connectivity index is 0.915. The smallest absolute Gasteiger partial charge is 0.411 e. The summed E-state index contributed by atoms with van der Waals surface area (Å²) in [6, 6.07) is 58.3. The number of ether oxygens (including phenoxy) is 2. The van der Waals surface area contributed by atoms with Crippen LogP contribution in [0.1, 0.15) is 27.8 Å². The number of halogens is 6. The second kappa shape index (κ2) is 20.9. The van der Waals surface area contributed by atoms with E-state index in [0.29, 0.717) is 40.3 Å². The van der Waals surface area contributed by atoms with Crippen molar-refractivity contribution in [2.45, 2.75) is 17.8 Å². The number of hydrogen-bond donors (Lipinski definition) is 0. The molecular weight excluding hydrogens is 927 g/mol. The van der Waals surface area contributed by atoms with Crippen molar-refractivity contribution in [3.8, 4) is 57.2 Å². The minimum absolute atomic E-state index is 0.0107. The summed E-state index contributed by atoms with van der Waals surface area (Å²) in [7, 11) is 1.65. The van der Waals surface area contributed by atoms with E-state index in [1.54, 1.807) is 61.8 Å².